The number of aryl methyl sites for hydroxylation is 1. The van der Waals surface area contributed by atoms with Crippen molar-refractivity contribution < 1.29 is 5.11 Å². The summed E-state index contributed by atoms with van der Waals surface area (Å²) in [6, 6.07) is 22.1. The van der Waals surface area contributed by atoms with Gasteiger partial charge in [-0.05, 0) is 71.8 Å². The van der Waals surface area contributed by atoms with Crippen molar-refractivity contribution in [3.63, 3.8) is 0 Å². The first kappa shape index (κ1) is 27.0. The van der Waals surface area contributed by atoms with E-state index < -0.39 is 6.10 Å². The lowest BCUT2D eigenvalue weighted by molar-refractivity contribution is 0.155. The lowest BCUT2D eigenvalue weighted by Gasteiger charge is -2.18. The number of nitrogens with one attached hydrogen (secondary N) is 2. The van der Waals surface area contributed by atoms with Gasteiger partial charge in [-0.1, -0.05) is 67.9 Å². The third kappa shape index (κ3) is 5.82. The van der Waals surface area contributed by atoms with Crippen LogP contribution in [0.4, 0.5) is 0 Å². The minimum atomic E-state index is -0.620. The standard InChI is InChI=1S/C32H35N7O2/c1-2-3-10-30-34-28-16-15-23(29(40)19-24-7-6-17-33-24)18-27(28)32(41)39(30)20-21-11-13-22(14-12-21)25-8-4-5-9-26(25)31-35-37-38-36-31/h4-5,8-9,11-16,18,24,29,33,40H,2-3,6-7,10,17,19-20H2,1H3,(H,35,36,37,38). The number of rotatable bonds is 10. The summed E-state index contributed by atoms with van der Waals surface area (Å²) >= 11 is 0. The number of tetrazole rings is 1. The Bertz CT molecular complexity index is 1670. The van der Waals surface area contributed by atoms with E-state index in [9.17, 15) is 9.90 Å². The number of aromatic nitrogens is 6. The van der Waals surface area contributed by atoms with Crippen LogP contribution in [0.1, 0.15) is 62.1 Å². The van der Waals surface area contributed by atoms with Crippen molar-refractivity contribution in [2.75, 3.05) is 6.54 Å². The lowest BCUT2D eigenvalue weighted by atomic mass is 9.98. The lowest BCUT2D eigenvalue weighted by Crippen LogP contribution is -2.26. The highest BCUT2D eigenvalue weighted by Gasteiger charge is 2.20. The molecule has 0 spiro atoms. The largest absolute Gasteiger partial charge is 0.388 e. The number of hydrogen-bond donors (Lipinski definition) is 3. The van der Waals surface area contributed by atoms with E-state index in [0.717, 1.165) is 72.3 Å². The zero-order valence-corrected chi connectivity index (χ0v) is 23.3. The first-order chi connectivity index (χ1) is 20.1. The van der Waals surface area contributed by atoms with E-state index in [4.69, 9.17) is 4.98 Å². The van der Waals surface area contributed by atoms with Gasteiger partial charge in [0.2, 0.25) is 5.82 Å². The molecule has 0 radical (unpaired) electrons. The maximum absolute atomic E-state index is 13.9. The highest BCUT2D eigenvalue weighted by Crippen LogP contribution is 2.30. The molecule has 3 heterocycles. The van der Waals surface area contributed by atoms with Gasteiger partial charge in [0, 0.05) is 18.0 Å². The SMILES string of the molecule is CCCCc1nc2ccc(C(O)CC3CCCN3)cc2c(=O)n1Cc1ccc(-c2ccccc2-c2nn[nH]n2)cc1. The maximum atomic E-state index is 13.9. The minimum Gasteiger partial charge on any atom is -0.388 e. The van der Waals surface area contributed by atoms with E-state index in [2.05, 4.69) is 57.1 Å². The van der Waals surface area contributed by atoms with Crippen molar-refractivity contribution in [3.05, 3.63) is 94.0 Å². The fraction of sp³-hybridized carbons (Fsp3) is 0.344. The van der Waals surface area contributed by atoms with Crippen LogP contribution in [0.15, 0.2) is 71.5 Å². The summed E-state index contributed by atoms with van der Waals surface area (Å²) < 4.78 is 1.80. The van der Waals surface area contributed by atoms with E-state index >= 15 is 0 Å². The number of hydrogen-bond acceptors (Lipinski definition) is 7. The monoisotopic (exact) mass is 549 g/mol. The predicted octanol–water partition coefficient (Wildman–Crippen LogP) is 4.81. The molecule has 0 saturated carbocycles. The summed E-state index contributed by atoms with van der Waals surface area (Å²) in [5.74, 6) is 1.34. The number of fused-ring (bicyclic) bond motifs is 1. The molecule has 6 rings (SSSR count). The fourth-order valence-corrected chi connectivity index (χ4v) is 5.72. The van der Waals surface area contributed by atoms with Crippen LogP contribution in [0.3, 0.4) is 0 Å². The Morgan fingerprint density at radius 3 is 2.63 bits per heavy atom. The summed E-state index contributed by atoms with van der Waals surface area (Å²) in [6.07, 6.45) is 4.93. The Hall–Kier alpha value is -4.21. The Morgan fingerprint density at radius 2 is 1.90 bits per heavy atom. The van der Waals surface area contributed by atoms with Gasteiger partial charge in [0.1, 0.15) is 5.82 Å². The van der Waals surface area contributed by atoms with E-state index in [1.165, 1.54) is 0 Å². The van der Waals surface area contributed by atoms with Crippen LogP contribution in [-0.2, 0) is 13.0 Å². The molecule has 2 atom stereocenters. The van der Waals surface area contributed by atoms with Gasteiger partial charge >= 0.3 is 0 Å². The molecule has 0 aliphatic carbocycles. The van der Waals surface area contributed by atoms with Gasteiger partial charge in [-0.25, -0.2) is 4.98 Å². The van der Waals surface area contributed by atoms with Gasteiger partial charge in [0.15, 0.2) is 0 Å². The van der Waals surface area contributed by atoms with E-state index in [-0.39, 0.29) is 5.56 Å². The summed E-state index contributed by atoms with van der Waals surface area (Å²) in [7, 11) is 0. The van der Waals surface area contributed by atoms with Crippen LogP contribution in [0, 0.1) is 0 Å². The number of aromatic amines is 1. The Morgan fingerprint density at radius 1 is 1.07 bits per heavy atom. The smallest absolute Gasteiger partial charge is 0.261 e. The number of unbranched alkanes of at least 4 members (excludes halogenated alkanes) is 1. The molecule has 1 fully saturated rings. The summed E-state index contributed by atoms with van der Waals surface area (Å²) in [4.78, 5) is 18.8. The highest BCUT2D eigenvalue weighted by atomic mass is 16.3. The first-order valence-corrected chi connectivity index (χ1v) is 14.5. The topological polar surface area (TPSA) is 122 Å². The molecule has 9 nitrogen and oxygen atoms in total. The van der Waals surface area contributed by atoms with Crippen molar-refractivity contribution in [2.45, 2.75) is 64.1 Å². The summed E-state index contributed by atoms with van der Waals surface area (Å²) in [5, 5.41) is 29.4. The van der Waals surface area contributed by atoms with Crippen molar-refractivity contribution >= 4 is 10.9 Å². The van der Waals surface area contributed by atoms with Gasteiger partial charge in [-0.3, -0.25) is 9.36 Å². The molecule has 1 saturated heterocycles. The van der Waals surface area contributed by atoms with Gasteiger partial charge < -0.3 is 10.4 Å². The third-order valence-electron chi connectivity index (χ3n) is 7.99. The second-order valence-electron chi connectivity index (χ2n) is 10.8. The number of aliphatic hydroxyl groups is 1. The molecule has 2 unspecified atom stereocenters. The van der Waals surface area contributed by atoms with E-state index in [1.807, 2.05) is 42.5 Å². The van der Waals surface area contributed by atoms with E-state index in [0.29, 0.717) is 35.7 Å². The van der Waals surface area contributed by atoms with Crippen LogP contribution in [0.25, 0.3) is 33.4 Å². The molecule has 1 aliphatic heterocycles. The number of benzene rings is 3. The average molecular weight is 550 g/mol. The first-order valence-electron chi connectivity index (χ1n) is 14.5. The van der Waals surface area contributed by atoms with Crippen LogP contribution in [0.2, 0.25) is 0 Å². The third-order valence-corrected chi connectivity index (χ3v) is 7.99. The molecule has 3 aromatic carbocycles. The quantitative estimate of drug-likeness (QED) is 0.229. The molecular weight excluding hydrogens is 514 g/mol. The zero-order chi connectivity index (χ0) is 28.2. The fourth-order valence-electron chi connectivity index (χ4n) is 5.72. The van der Waals surface area contributed by atoms with Crippen molar-refractivity contribution in [1.29, 1.82) is 0 Å². The molecule has 0 amide bonds. The molecule has 210 valence electrons. The molecule has 1 aliphatic rings. The van der Waals surface area contributed by atoms with Crippen molar-refractivity contribution in [3.8, 4) is 22.5 Å². The van der Waals surface area contributed by atoms with Crippen LogP contribution < -0.4 is 10.9 Å². The van der Waals surface area contributed by atoms with E-state index in [1.54, 1.807) is 4.57 Å². The molecule has 2 aromatic heterocycles. The average Bonchev–Trinajstić information content (AvgIpc) is 3.73. The molecule has 5 aromatic rings. The van der Waals surface area contributed by atoms with Gasteiger partial charge in [0.05, 0.1) is 23.6 Å². The van der Waals surface area contributed by atoms with Gasteiger partial charge in [0.25, 0.3) is 5.56 Å². The molecule has 9 heteroatoms. The normalized spacial score (nSPS) is 15.9. The Labute approximate surface area is 238 Å². The van der Waals surface area contributed by atoms with Gasteiger partial charge in [-0.15, -0.1) is 10.2 Å². The maximum Gasteiger partial charge on any atom is 0.261 e. The second kappa shape index (κ2) is 12.1. The van der Waals surface area contributed by atoms with Crippen LogP contribution >= 0.6 is 0 Å². The highest BCUT2D eigenvalue weighted by molar-refractivity contribution is 5.80. The van der Waals surface area contributed by atoms with Crippen LogP contribution in [-0.4, -0.2) is 47.9 Å². The molecule has 3 N–H and O–H groups in total. The number of nitrogens with zero attached hydrogens (tertiary/aromatic N) is 5. The predicted molar refractivity (Wildman–Crippen MR) is 159 cm³/mol. The second-order valence-corrected chi connectivity index (χ2v) is 10.8. The minimum absolute atomic E-state index is 0.0688. The molecule has 0 bridgehead atoms. The Balaban J connectivity index is 1.31. The zero-order valence-electron chi connectivity index (χ0n) is 23.3. The van der Waals surface area contributed by atoms with Gasteiger partial charge in [-0.2, -0.15) is 5.21 Å². The molecular formula is C32H35N7O2. The summed E-state index contributed by atoms with van der Waals surface area (Å²) in [5.41, 5.74) is 5.32. The number of H-pyrrole nitrogens is 1. The Kier molecular flexibility index (Phi) is 7.98. The van der Waals surface area contributed by atoms with Crippen molar-refractivity contribution in [1.82, 2.24) is 35.5 Å². The summed E-state index contributed by atoms with van der Waals surface area (Å²) in [6.45, 7) is 3.56. The number of aliphatic hydroxyl groups excluding tert-OH is 1. The van der Waals surface area contributed by atoms with Crippen LogP contribution in [0.5, 0.6) is 0 Å². The molecule has 41 heavy (non-hydrogen) atoms. The van der Waals surface area contributed by atoms with Crippen molar-refractivity contribution in [2.24, 2.45) is 0 Å².